The van der Waals surface area contributed by atoms with Gasteiger partial charge < -0.3 is 30.3 Å². The third-order valence-electron chi connectivity index (χ3n) is 9.07. The van der Waals surface area contributed by atoms with E-state index in [9.17, 15) is 32.4 Å². The third kappa shape index (κ3) is 9.17. The maximum Gasteiger partial charge on any atom is 0.408 e. The van der Waals surface area contributed by atoms with Crippen molar-refractivity contribution in [2.75, 3.05) is 6.54 Å². The number of ether oxygens (including phenoxy) is 2. The lowest BCUT2D eigenvalue weighted by Crippen LogP contribution is -2.60. The molecule has 1 aliphatic heterocycles. The number of alkyl carbamates (subject to hydrolysis) is 2. The fourth-order valence-electron chi connectivity index (χ4n) is 6.23. The second-order valence-corrected chi connectivity index (χ2v) is 17.3. The Kier molecular flexibility index (Phi) is 10.6. The van der Waals surface area contributed by atoms with Gasteiger partial charge in [0.2, 0.25) is 21.8 Å². The monoisotopic (exact) mass is 681 g/mol. The SMILES string of the molecule is C=CC1C[C@]1(NC(=O)[C@@H]1C[C@@H](OC(=O)NC2CCCCC2)CN1C(=O)[C@@H](NC(=O)OC(C)(C)C)C(C)(C)C)C(=O)NS(=O)(=O)C1CC1. The highest BCUT2D eigenvalue weighted by Crippen LogP contribution is 2.45. The number of likely N-dealkylation sites (tertiary alicyclic amines) is 1. The molecule has 3 aliphatic carbocycles. The van der Waals surface area contributed by atoms with Crippen LogP contribution in [-0.2, 0) is 33.9 Å². The van der Waals surface area contributed by atoms with Gasteiger partial charge in [0.25, 0.3) is 5.91 Å². The molecule has 3 saturated carbocycles. The summed E-state index contributed by atoms with van der Waals surface area (Å²) in [5, 5.41) is 7.60. The van der Waals surface area contributed by atoms with Gasteiger partial charge >= 0.3 is 12.2 Å². The number of amides is 5. The average molecular weight is 682 g/mol. The van der Waals surface area contributed by atoms with E-state index in [0.717, 1.165) is 32.1 Å². The van der Waals surface area contributed by atoms with Crippen LogP contribution in [0.25, 0.3) is 0 Å². The number of sulfonamides is 1. The van der Waals surface area contributed by atoms with E-state index in [4.69, 9.17) is 9.47 Å². The summed E-state index contributed by atoms with van der Waals surface area (Å²) in [5.74, 6) is -2.72. The molecule has 4 N–H and O–H groups in total. The molecule has 1 saturated heterocycles. The van der Waals surface area contributed by atoms with Crippen LogP contribution in [0.2, 0.25) is 0 Å². The molecule has 0 radical (unpaired) electrons. The quantitative estimate of drug-likeness (QED) is 0.251. The van der Waals surface area contributed by atoms with Crippen molar-refractivity contribution in [2.45, 2.75) is 140 Å². The van der Waals surface area contributed by atoms with Crippen molar-refractivity contribution in [1.29, 1.82) is 0 Å². The summed E-state index contributed by atoms with van der Waals surface area (Å²) in [6.45, 7) is 13.9. The summed E-state index contributed by atoms with van der Waals surface area (Å²) < 4.78 is 38.4. The Labute approximate surface area is 277 Å². The molecular formula is C32H51N5O9S. The zero-order valence-electron chi connectivity index (χ0n) is 28.3. The highest BCUT2D eigenvalue weighted by Gasteiger charge is 2.62. The molecule has 264 valence electrons. The number of nitrogens with one attached hydrogen (secondary N) is 4. The van der Waals surface area contributed by atoms with E-state index in [1.807, 2.05) is 0 Å². The van der Waals surface area contributed by atoms with Crippen LogP contribution in [0.3, 0.4) is 0 Å². The van der Waals surface area contributed by atoms with Gasteiger partial charge in [-0.3, -0.25) is 19.1 Å². The van der Waals surface area contributed by atoms with Crippen molar-refractivity contribution in [3.05, 3.63) is 12.7 Å². The largest absolute Gasteiger partial charge is 0.444 e. The summed E-state index contributed by atoms with van der Waals surface area (Å²) in [6, 6.07) is -2.35. The molecule has 15 heteroatoms. The van der Waals surface area contributed by atoms with Crippen molar-refractivity contribution in [1.82, 2.24) is 25.6 Å². The second kappa shape index (κ2) is 13.6. The predicted octanol–water partition coefficient (Wildman–Crippen LogP) is 2.62. The number of hydrogen-bond acceptors (Lipinski definition) is 9. The topological polar surface area (TPSA) is 189 Å². The number of carbonyl (C=O) groups is 5. The molecule has 5 amide bonds. The Balaban J connectivity index is 1.56. The second-order valence-electron chi connectivity index (χ2n) is 15.4. The van der Waals surface area contributed by atoms with Gasteiger partial charge in [0.05, 0.1) is 11.8 Å². The van der Waals surface area contributed by atoms with Crippen LogP contribution in [0.5, 0.6) is 0 Å². The van der Waals surface area contributed by atoms with E-state index in [1.54, 1.807) is 41.5 Å². The minimum atomic E-state index is -3.89. The van der Waals surface area contributed by atoms with Crippen LogP contribution in [0.4, 0.5) is 9.59 Å². The first-order valence-corrected chi connectivity index (χ1v) is 18.1. The third-order valence-corrected chi connectivity index (χ3v) is 10.9. The van der Waals surface area contributed by atoms with E-state index in [-0.39, 0.29) is 25.4 Å². The van der Waals surface area contributed by atoms with Gasteiger partial charge in [-0.25, -0.2) is 18.0 Å². The Hall–Kier alpha value is -3.36. The molecule has 1 heterocycles. The van der Waals surface area contributed by atoms with Gasteiger partial charge in [0, 0.05) is 18.4 Å². The van der Waals surface area contributed by atoms with Crippen molar-refractivity contribution >= 4 is 39.9 Å². The molecule has 14 nitrogen and oxygen atoms in total. The molecule has 4 rings (SSSR count). The molecule has 4 aliphatic rings. The minimum Gasteiger partial charge on any atom is -0.444 e. The number of nitrogens with zero attached hydrogens (tertiary/aromatic N) is 1. The minimum absolute atomic E-state index is 0.0197. The van der Waals surface area contributed by atoms with Gasteiger partial charge in [0.1, 0.15) is 29.3 Å². The van der Waals surface area contributed by atoms with E-state index in [2.05, 4.69) is 27.3 Å². The molecule has 0 spiro atoms. The first-order valence-electron chi connectivity index (χ1n) is 16.5. The van der Waals surface area contributed by atoms with Crippen molar-refractivity contribution < 1.29 is 41.9 Å². The molecule has 5 atom stereocenters. The molecule has 0 aromatic heterocycles. The van der Waals surface area contributed by atoms with Gasteiger partial charge in [-0.15, -0.1) is 6.58 Å². The van der Waals surface area contributed by atoms with Gasteiger partial charge in [0.15, 0.2) is 0 Å². The molecule has 0 aromatic rings. The predicted molar refractivity (Wildman–Crippen MR) is 172 cm³/mol. The summed E-state index contributed by atoms with van der Waals surface area (Å²) in [7, 11) is -3.89. The number of carbonyl (C=O) groups excluding carboxylic acids is 5. The molecule has 4 fully saturated rings. The highest BCUT2D eigenvalue weighted by atomic mass is 32.2. The lowest BCUT2D eigenvalue weighted by molar-refractivity contribution is -0.143. The molecular weight excluding hydrogens is 630 g/mol. The van der Waals surface area contributed by atoms with Gasteiger partial charge in [-0.05, 0) is 58.3 Å². The fraction of sp³-hybridized carbons (Fsp3) is 0.781. The molecule has 1 unspecified atom stereocenters. The standard InChI is InChI=1S/C32H51N5O9S/c1-8-19-17-32(19,27(40)36-47(43,44)22-14-15-22)35-25(38)23-16-21(45-28(41)33-20-12-10-9-11-13-20)18-37(23)26(39)24(30(2,3)4)34-29(42)46-31(5,6)7/h8,19-24H,1,9-18H2,2-7H3,(H,33,41)(H,34,42)(H,35,38)(H,36,40)/t19?,21-,23+,24-,32-/m1/s1. The normalized spacial score (nSPS) is 27.2. The number of rotatable bonds is 10. The number of hydrogen-bond donors (Lipinski definition) is 4. The maximum atomic E-state index is 14.2. The van der Waals surface area contributed by atoms with Gasteiger partial charge in [-0.2, -0.15) is 0 Å². The smallest absolute Gasteiger partial charge is 0.408 e. The lowest BCUT2D eigenvalue weighted by Gasteiger charge is -2.36. The zero-order valence-corrected chi connectivity index (χ0v) is 29.2. The van der Waals surface area contributed by atoms with Crippen LogP contribution in [0.1, 0.15) is 99.3 Å². The van der Waals surface area contributed by atoms with E-state index in [0.29, 0.717) is 12.8 Å². The lowest BCUT2D eigenvalue weighted by atomic mass is 9.85. The van der Waals surface area contributed by atoms with Crippen molar-refractivity contribution in [3.63, 3.8) is 0 Å². The van der Waals surface area contributed by atoms with Crippen LogP contribution in [-0.4, -0.2) is 90.4 Å². The maximum absolute atomic E-state index is 14.2. The fourth-order valence-corrected chi connectivity index (χ4v) is 7.60. The Bertz CT molecular complexity index is 1360. The van der Waals surface area contributed by atoms with Crippen molar-refractivity contribution in [3.8, 4) is 0 Å². The zero-order chi connectivity index (χ0) is 34.9. The summed E-state index contributed by atoms with van der Waals surface area (Å²) in [5.41, 5.74) is -3.22. The van der Waals surface area contributed by atoms with Gasteiger partial charge in [-0.1, -0.05) is 46.1 Å². The first-order chi connectivity index (χ1) is 21.8. The van der Waals surface area contributed by atoms with E-state index in [1.165, 1.54) is 11.0 Å². The Morgan fingerprint density at radius 1 is 0.957 bits per heavy atom. The van der Waals surface area contributed by atoms with E-state index < -0.39 is 85.8 Å². The van der Waals surface area contributed by atoms with E-state index >= 15 is 0 Å². The van der Waals surface area contributed by atoms with Crippen molar-refractivity contribution in [2.24, 2.45) is 11.3 Å². The Morgan fingerprint density at radius 2 is 1.60 bits per heavy atom. The van der Waals surface area contributed by atoms with Crippen LogP contribution >= 0.6 is 0 Å². The molecule has 47 heavy (non-hydrogen) atoms. The highest BCUT2D eigenvalue weighted by molar-refractivity contribution is 7.91. The average Bonchev–Trinajstić information content (AvgIpc) is 3.87. The van der Waals surface area contributed by atoms with Crippen LogP contribution in [0.15, 0.2) is 12.7 Å². The van der Waals surface area contributed by atoms with Crippen LogP contribution in [0, 0.1) is 11.3 Å². The summed E-state index contributed by atoms with van der Waals surface area (Å²) >= 11 is 0. The van der Waals surface area contributed by atoms with Crippen LogP contribution < -0.4 is 20.7 Å². The first kappa shape index (κ1) is 36.5. The molecule has 0 aromatic carbocycles. The Morgan fingerprint density at radius 3 is 2.13 bits per heavy atom. The molecule has 0 bridgehead atoms. The summed E-state index contributed by atoms with van der Waals surface area (Å²) in [4.78, 5) is 68.4. The summed E-state index contributed by atoms with van der Waals surface area (Å²) in [6.07, 6.45) is 4.89.